The quantitative estimate of drug-likeness (QED) is 0.791. The summed E-state index contributed by atoms with van der Waals surface area (Å²) < 4.78 is 0. The van der Waals surface area contributed by atoms with Crippen LogP contribution in [0.5, 0.6) is 0 Å². The SMILES string of the molecule is CC(CO)(NC(=O)Nc1ccncc1)C1CCCCC1. The van der Waals surface area contributed by atoms with E-state index in [0.29, 0.717) is 11.6 Å². The van der Waals surface area contributed by atoms with E-state index in [1.165, 1.54) is 19.3 Å². The monoisotopic (exact) mass is 277 g/mol. The Kier molecular flexibility index (Phi) is 4.95. The van der Waals surface area contributed by atoms with Gasteiger partial charge >= 0.3 is 6.03 Å². The van der Waals surface area contributed by atoms with Gasteiger partial charge in [0.25, 0.3) is 0 Å². The van der Waals surface area contributed by atoms with Gasteiger partial charge in [-0.3, -0.25) is 4.98 Å². The van der Waals surface area contributed by atoms with Gasteiger partial charge in [-0.2, -0.15) is 0 Å². The molecular formula is C15H23N3O2. The van der Waals surface area contributed by atoms with Crippen LogP contribution < -0.4 is 10.6 Å². The van der Waals surface area contributed by atoms with Crippen molar-refractivity contribution in [2.24, 2.45) is 5.92 Å². The maximum absolute atomic E-state index is 12.1. The number of aromatic nitrogens is 1. The third-order valence-electron chi connectivity index (χ3n) is 4.17. The molecule has 20 heavy (non-hydrogen) atoms. The van der Waals surface area contributed by atoms with Crippen LogP contribution in [0.4, 0.5) is 10.5 Å². The predicted octanol–water partition coefficient (Wildman–Crippen LogP) is 2.53. The Balaban J connectivity index is 1.96. The van der Waals surface area contributed by atoms with Crippen molar-refractivity contribution in [2.75, 3.05) is 11.9 Å². The number of carbonyl (C=O) groups excluding carboxylic acids is 1. The van der Waals surface area contributed by atoms with E-state index in [0.717, 1.165) is 12.8 Å². The first kappa shape index (κ1) is 14.8. The van der Waals surface area contributed by atoms with Crippen LogP contribution in [0.2, 0.25) is 0 Å². The molecule has 0 saturated heterocycles. The number of amides is 2. The number of aliphatic hydroxyl groups excluding tert-OH is 1. The highest BCUT2D eigenvalue weighted by Gasteiger charge is 2.35. The number of anilines is 1. The van der Waals surface area contributed by atoms with Gasteiger partial charge in [-0.15, -0.1) is 0 Å². The smallest absolute Gasteiger partial charge is 0.319 e. The number of nitrogens with one attached hydrogen (secondary N) is 2. The molecule has 2 amide bonds. The number of urea groups is 1. The molecule has 0 radical (unpaired) electrons. The highest BCUT2D eigenvalue weighted by Crippen LogP contribution is 2.32. The predicted molar refractivity (Wildman–Crippen MR) is 78.5 cm³/mol. The number of hydrogen-bond donors (Lipinski definition) is 3. The Bertz CT molecular complexity index is 432. The molecule has 1 fully saturated rings. The van der Waals surface area contributed by atoms with Gasteiger partial charge in [-0.25, -0.2) is 4.79 Å². The summed E-state index contributed by atoms with van der Waals surface area (Å²) in [6.07, 6.45) is 8.98. The first-order chi connectivity index (χ1) is 9.64. The van der Waals surface area contributed by atoms with E-state index in [1.807, 2.05) is 6.92 Å². The van der Waals surface area contributed by atoms with Crippen molar-refractivity contribution < 1.29 is 9.90 Å². The second-order valence-electron chi connectivity index (χ2n) is 5.73. The number of hydrogen-bond acceptors (Lipinski definition) is 3. The molecule has 1 unspecified atom stereocenters. The van der Waals surface area contributed by atoms with Gasteiger partial charge in [0.1, 0.15) is 0 Å². The normalized spacial score (nSPS) is 19.1. The molecule has 1 aliphatic carbocycles. The van der Waals surface area contributed by atoms with Gasteiger partial charge < -0.3 is 15.7 Å². The Morgan fingerprint density at radius 2 is 2.00 bits per heavy atom. The zero-order chi connectivity index (χ0) is 14.4. The Morgan fingerprint density at radius 1 is 1.35 bits per heavy atom. The third-order valence-corrected chi connectivity index (χ3v) is 4.17. The second-order valence-corrected chi connectivity index (χ2v) is 5.73. The van der Waals surface area contributed by atoms with E-state index in [9.17, 15) is 9.90 Å². The zero-order valence-electron chi connectivity index (χ0n) is 11.9. The fourth-order valence-electron chi connectivity index (χ4n) is 2.87. The highest BCUT2D eigenvalue weighted by molar-refractivity contribution is 5.89. The molecule has 1 aliphatic rings. The largest absolute Gasteiger partial charge is 0.394 e. The van der Waals surface area contributed by atoms with Crippen LogP contribution in [0, 0.1) is 5.92 Å². The van der Waals surface area contributed by atoms with Crippen molar-refractivity contribution in [3.63, 3.8) is 0 Å². The lowest BCUT2D eigenvalue weighted by Gasteiger charge is -2.39. The topological polar surface area (TPSA) is 74.2 Å². The van der Waals surface area contributed by atoms with E-state index in [-0.39, 0.29) is 12.6 Å². The summed E-state index contributed by atoms with van der Waals surface area (Å²) in [6.45, 7) is 1.89. The molecule has 110 valence electrons. The lowest BCUT2D eigenvalue weighted by Crippen LogP contribution is -2.55. The number of aliphatic hydroxyl groups is 1. The molecular weight excluding hydrogens is 254 g/mol. The molecule has 1 aromatic heterocycles. The summed E-state index contributed by atoms with van der Waals surface area (Å²) in [5.41, 5.74) is 0.138. The molecule has 1 atom stereocenters. The molecule has 3 N–H and O–H groups in total. The van der Waals surface area contributed by atoms with Crippen molar-refractivity contribution in [3.05, 3.63) is 24.5 Å². The molecule has 0 spiro atoms. The van der Waals surface area contributed by atoms with E-state index < -0.39 is 5.54 Å². The van der Waals surface area contributed by atoms with Crippen LogP contribution in [0.3, 0.4) is 0 Å². The van der Waals surface area contributed by atoms with Crippen molar-refractivity contribution in [3.8, 4) is 0 Å². The molecule has 0 bridgehead atoms. The van der Waals surface area contributed by atoms with Crippen LogP contribution >= 0.6 is 0 Å². The van der Waals surface area contributed by atoms with Crippen LogP contribution in [-0.4, -0.2) is 28.3 Å². The molecule has 5 nitrogen and oxygen atoms in total. The zero-order valence-corrected chi connectivity index (χ0v) is 11.9. The molecule has 0 aromatic carbocycles. The minimum Gasteiger partial charge on any atom is -0.394 e. The van der Waals surface area contributed by atoms with Gasteiger partial charge in [0.05, 0.1) is 12.1 Å². The summed E-state index contributed by atoms with van der Waals surface area (Å²) in [4.78, 5) is 16.0. The van der Waals surface area contributed by atoms with Crippen molar-refractivity contribution in [1.82, 2.24) is 10.3 Å². The first-order valence-corrected chi connectivity index (χ1v) is 7.24. The first-order valence-electron chi connectivity index (χ1n) is 7.24. The number of nitrogens with zero attached hydrogens (tertiary/aromatic N) is 1. The fourth-order valence-corrected chi connectivity index (χ4v) is 2.87. The Labute approximate surface area is 119 Å². The lowest BCUT2D eigenvalue weighted by molar-refractivity contribution is 0.103. The Hall–Kier alpha value is -1.62. The number of carbonyl (C=O) groups is 1. The molecule has 5 heteroatoms. The lowest BCUT2D eigenvalue weighted by atomic mass is 9.76. The number of rotatable bonds is 4. The summed E-state index contributed by atoms with van der Waals surface area (Å²) in [5.74, 6) is 0.337. The van der Waals surface area contributed by atoms with E-state index in [2.05, 4.69) is 15.6 Å². The second kappa shape index (κ2) is 6.70. The van der Waals surface area contributed by atoms with Gasteiger partial charge in [0, 0.05) is 18.1 Å². The molecule has 1 aromatic rings. The summed E-state index contributed by atoms with van der Waals surface area (Å²) in [6, 6.07) is 3.19. The van der Waals surface area contributed by atoms with E-state index in [1.54, 1.807) is 24.5 Å². The van der Waals surface area contributed by atoms with Gasteiger partial charge in [0.15, 0.2) is 0 Å². The fraction of sp³-hybridized carbons (Fsp3) is 0.600. The molecule has 1 saturated carbocycles. The maximum atomic E-state index is 12.1. The van der Waals surface area contributed by atoms with Gasteiger partial charge in [0.2, 0.25) is 0 Å². The van der Waals surface area contributed by atoms with Crippen molar-refractivity contribution in [2.45, 2.75) is 44.6 Å². The Morgan fingerprint density at radius 3 is 2.60 bits per heavy atom. The average molecular weight is 277 g/mol. The molecule has 0 aliphatic heterocycles. The summed E-state index contributed by atoms with van der Waals surface area (Å²) in [7, 11) is 0. The summed E-state index contributed by atoms with van der Waals surface area (Å²) in [5, 5.41) is 15.4. The minimum absolute atomic E-state index is 0.0402. The van der Waals surface area contributed by atoms with Gasteiger partial charge in [-0.1, -0.05) is 19.3 Å². The average Bonchev–Trinajstić information content (AvgIpc) is 2.49. The van der Waals surface area contributed by atoms with Crippen LogP contribution in [-0.2, 0) is 0 Å². The van der Waals surface area contributed by atoms with Crippen molar-refractivity contribution in [1.29, 1.82) is 0 Å². The molecule has 1 heterocycles. The minimum atomic E-state index is -0.558. The van der Waals surface area contributed by atoms with Gasteiger partial charge in [-0.05, 0) is 37.8 Å². The maximum Gasteiger partial charge on any atom is 0.319 e. The summed E-state index contributed by atoms with van der Waals surface area (Å²) >= 11 is 0. The van der Waals surface area contributed by atoms with Crippen LogP contribution in [0.1, 0.15) is 39.0 Å². The van der Waals surface area contributed by atoms with Crippen LogP contribution in [0.25, 0.3) is 0 Å². The van der Waals surface area contributed by atoms with Crippen LogP contribution in [0.15, 0.2) is 24.5 Å². The van der Waals surface area contributed by atoms with Crippen molar-refractivity contribution >= 4 is 11.7 Å². The third kappa shape index (κ3) is 3.70. The number of pyridine rings is 1. The van der Waals surface area contributed by atoms with E-state index >= 15 is 0 Å². The standard InChI is InChI=1S/C15H23N3O2/c1-15(11-19,12-5-3-2-4-6-12)18-14(20)17-13-7-9-16-10-8-13/h7-10,12,19H,2-6,11H2,1H3,(H2,16,17,18,20). The van der Waals surface area contributed by atoms with E-state index in [4.69, 9.17) is 0 Å². The highest BCUT2D eigenvalue weighted by atomic mass is 16.3. The molecule has 2 rings (SSSR count).